The molecule has 0 saturated carbocycles. The molecule has 0 unspecified atom stereocenters. The second-order valence-electron chi connectivity index (χ2n) is 7.88. The molecule has 4 rings (SSSR count). The number of thiazole rings is 1. The molecule has 0 bridgehead atoms. The molecule has 1 aliphatic heterocycles. The number of hydrogen-bond acceptors (Lipinski definition) is 6. The van der Waals surface area contributed by atoms with Crippen molar-refractivity contribution >= 4 is 48.5 Å². The molecule has 1 saturated heterocycles. The predicted molar refractivity (Wildman–Crippen MR) is 131 cm³/mol. The molecule has 8 heteroatoms. The van der Waals surface area contributed by atoms with E-state index in [4.69, 9.17) is 9.72 Å². The molecule has 1 aromatic heterocycles. The molecule has 31 heavy (non-hydrogen) atoms. The zero-order chi connectivity index (χ0) is 21.8. The minimum atomic E-state index is -0.0460. The smallest absolute Gasteiger partial charge is 0.251 e. The van der Waals surface area contributed by atoms with Crippen molar-refractivity contribution < 1.29 is 9.53 Å². The van der Waals surface area contributed by atoms with E-state index in [1.165, 1.54) is 4.70 Å². The van der Waals surface area contributed by atoms with Crippen LogP contribution in [0.1, 0.15) is 24.2 Å². The van der Waals surface area contributed by atoms with Gasteiger partial charge in [-0.15, -0.1) is 0 Å². The number of ether oxygens (including phenoxy) is 1. The lowest BCUT2D eigenvalue weighted by molar-refractivity contribution is 0.0947. The number of carbonyl (C=O) groups is 1. The number of nitrogens with one attached hydrogen (secondary N) is 1. The topological polar surface area (TPSA) is 57.7 Å². The van der Waals surface area contributed by atoms with Gasteiger partial charge >= 0.3 is 0 Å². The van der Waals surface area contributed by atoms with E-state index >= 15 is 0 Å². The van der Waals surface area contributed by atoms with Crippen LogP contribution in [0.15, 0.2) is 46.9 Å². The normalized spacial score (nSPS) is 14.9. The number of halogens is 1. The minimum absolute atomic E-state index is 0.0460. The summed E-state index contributed by atoms with van der Waals surface area (Å²) in [5.41, 5.74) is 1.71. The van der Waals surface area contributed by atoms with Crippen molar-refractivity contribution in [2.45, 2.75) is 20.0 Å². The molecule has 2 heterocycles. The molecule has 1 N–H and O–H groups in total. The maximum absolute atomic E-state index is 12.4. The summed E-state index contributed by atoms with van der Waals surface area (Å²) < 4.78 is 7.92. The average molecular weight is 503 g/mol. The first-order valence-electron chi connectivity index (χ1n) is 10.6. The number of anilines is 1. The first-order valence-corrected chi connectivity index (χ1v) is 12.2. The van der Waals surface area contributed by atoms with E-state index in [1.54, 1.807) is 11.3 Å². The van der Waals surface area contributed by atoms with Crippen molar-refractivity contribution in [1.29, 1.82) is 0 Å². The van der Waals surface area contributed by atoms with Gasteiger partial charge in [-0.2, -0.15) is 0 Å². The zero-order valence-corrected chi connectivity index (χ0v) is 20.2. The molecular weight excluding hydrogens is 476 g/mol. The standard InChI is InChI=1S/C23H27BrN4O2S/c1-16(2)30-19-6-3-17(4-7-19)22(29)25-9-10-27-11-13-28(14-12-27)23-26-20-8-5-18(24)15-21(20)31-23/h3-8,15-16H,9-14H2,1-2H3,(H,25,29). The van der Waals surface area contributed by atoms with Gasteiger partial charge in [0.2, 0.25) is 0 Å². The highest BCUT2D eigenvalue weighted by molar-refractivity contribution is 9.10. The van der Waals surface area contributed by atoms with Crippen molar-refractivity contribution in [2.75, 3.05) is 44.2 Å². The van der Waals surface area contributed by atoms with Crippen molar-refractivity contribution in [3.8, 4) is 5.75 Å². The molecule has 164 valence electrons. The van der Waals surface area contributed by atoms with Gasteiger partial charge in [0.15, 0.2) is 5.13 Å². The highest BCUT2D eigenvalue weighted by Gasteiger charge is 2.20. The van der Waals surface area contributed by atoms with Crippen LogP contribution in [0.2, 0.25) is 0 Å². The lowest BCUT2D eigenvalue weighted by Gasteiger charge is -2.34. The number of carbonyl (C=O) groups excluding carboxylic acids is 1. The van der Waals surface area contributed by atoms with E-state index in [0.29, 0.717) is 12.1 Å². The minimum Gasteiger partial charge on any atom is -0.491 e. The molecular formula is C23H27BrN4O2S. The van der Waals surface area contributed by atoms with Crippen molar-refractivity contribution in [2.24, 2.45) is 0 Å². The van der Waals surface area contributed by atoms with Crippen molar-refractivity contribution in [1.82, 2.24) is 15.2 Å². The second kappa shape index (κ2) is 9.97. The molecule has 1 fully saturated rings. The predicted octanol–water partition coefficient (Wildman–Crippen LogP) is 4.40. The average Bonchev–Trinajstić information content (AvgIpc) is 3.17. The maximum Gasteiger partial charge on any atom is 0.251 e. The number of rotatable bonds is 7. The summed E-state index contributed by atoms with van der Waals surface area (Å²) in [5.74, 6) is 0.737. The van der Waals surface area contributed by atoms with E-state index < -0.39 is 0 Å². The van der Waals surface area contributed by atoms with E-state index in [0.717, 1.165) is 53.6 Å². The Balaban J connectivity index is 1.21. The highest BCUT2D eigenvalue weighted by atomic mass is 79.9. The lowest BCUT2D eigenvalue weighted by Crippen LogP contribution is -2.48. The third kappa shape index (κ3) is 5.75. The largest absolute Gasteiger partial charge is 0.491 e. The first kappa shape index (κ1) is 22.0. The lowest BCUT2D eigenvalue weighted by atomic mass is 10.2. The quantitative estimate of drug-likeness (QED) is 0.518. The first-order chi connectivity index (χ1) is 15.0. The number of aromatic nitrogens is 1. The van der Waals surface area contributed by atoms with Crippen LogP contribution in [0.25, 0.3) is 10.2 Å². The highest BCUT2D eigenvalue weighted by Crippen LogP contribution is 2.31. The third-order valence-electron chi connectivity index (χ3n) is 5.18. The molecule has 1 aliphatic rings. The van der Waals surface area contributed by atoms with Gasteiger partial charge in [-0.05, 0) is 56.3 Å². The van der Waals surface area contributed by atoms with Crippen LogP contribution in [0.3, 0.4) is 0 Å². The Bertz CT molecular complexity index is 1030. The van der Waals surface area contributed by atoms with Gasteiger partial charge in [0, 0.05) is 49.3 Å². The van der Waals surface area contributed by atoms with Crippen molar-refractivity contribution in [3.05, 3.63) is 52.5 Å². The number of fused-ring (bicyclic) bond motifs is 1. The summed E-state index contributed by atoms with van der Waals surface area (Å²) in [5, 5.41) is 4.11. The fraction of sp³-hybridized carbons (Fsp3) is 0.391. The van der Waals surface area contributed by atoms with Crippen molar-refractivity contribution in [3.63, 3.8) is 0 Å². The molecule has 1 amide bonds. The Morgan fingerprint density at radius 2 is 1.90 bits per heavy atom. The van der Waals surface area contributed by atoms with Crippen LogP contribution >= 0.6 is 27.3 Å². The summed E-state index contributed by atoms with van der Waals surface area (Å²) >= 11 is 5.27. The Labute approximate surface area is 195 Å². The number of nitrogens with zero attached hydrogens (tertiary/aromatic N) is 3. The van der Waals surface area contributed by atoms with Crippen LogP contribution in [-0.2, 0) is 0 Å². The van der Waals surface area contributed by atoms with Crippen LogP contribution in [0.5, 0.6) is 5.75 Å². The molecule has 0 atom stereocenters. The third-order valence-corrected chi connectivity index (χ3v) is 6.76. The Morgan fingerprint density at radius 1 is 1.16 bits per heavy atom. The molecule has 0 spiro atoms. The maximum atomic E-state index is 12.4. The summed E-state index contributed by atoms with van der Waals surface area (Å²) in [6.07, 6.45) is 0.122. The summed E-state index contributed by atoms with van der Waals surface area (Å²) in [6.45, 7) is 9.29. The Hall–Kier alpha value is -2.16. The van der Waals surface area contributed by atoms with E-state index in [-0.39, 0.29) is 12.0 Å². The van der Waals surface area contributed by atoms with Crippen LogP contribution in [0, 0.1) is 0 Å². The fourth-order valence-electron chi connectivity index (χ4n) is 3.57. The molecule has 6 nitrogen and oxygen atoms in total. The van der Waals surface area contributed by atoms with Gasteiger partial charge in [-0.1, -0.05) is 27.3 Å². The van der Waals surface area contributed by atoms with Gasteiger partial charge in [-0.25, -0.2) is 4.98 Å². The molecule has 0 aliphatic carbocycles. The number of hydrogen-bond donors (Lipinski definition) is 1. The van der Waals surface area contributed by atoms with E-state index in [2.05, 4.69) is 43.2 Å². The number of benzene rings is 2. The number of amides is 1. The Kier molecular flexibility index (Phi) is 7.09. The summed E-state index contributed by atoms with van der Waals surface area (Å²) in [6, 6.07) is 13.5. The molecule has 2 aromatic carbocycles. The van der Waals surface area contributed by atoms with E-state index in [1.807, 2.05) is 44.2 Å². The molecule has 0 radical (unpaired) electrons. The Morgan fingerprint density at radius 3 is 2.61 bits per heavy atom. The summed E-state index contributed by atoms with van der Waals surface area (Å²) in [4.78, 5) is 21.9. The van der Waals surface area contributed by atoms with Crippen LogP contribution in [-0.4, -0.2) is 61.2 Å². The van der Waals surface area contributed by atoms with E-state index in [9.17, 15) is 4.79 Å². The zero-order valence-electron chi connectivity index (χ0n) is 17.8. The summed E-state index contributed by atoms with van der Waals surface area (Å²) in [7, 11) is 0. The van der Waals surface area contributed by atoms with Crippen LogP contribution < -0.4 is 15.0 Å². The number of piperazine rings is 1. The van der Waals surface area contributed by atoms with Gasteiger partial charge in [-0.3, -0.25) is 9.69 Å². The van der Waals surface area contributed by atoms with Gasteiger partial charge in [0.25, 0.3) is 5.91 Å². The van der Waals surface area contributed by atoms with Gasteiger partial charge in [0.1, 0.15) is 5.75 Å². The van der Waals surface area contributed by atoms with Crippen LogP contribution in [0.4, 0.5) is 5.13 Å². The second-order valence-corrected chi connectivity index (χ2v) is 9.81. The van der Waals surface area contributed by atoms with Gasteiger partial charge < -0.3 is 15.0 Å². The SMILES string of the molecule is CC(C)Oc1ccc(C(=O)NCCN2CCN(c3nc4ccc(Br)cc4s3)CC2)cc1. The van der Waals surface area contributed by atoms with Gasteiger partial charge in [0.05, 0.1) is 16.3 Å². The fourth-order valence-corrected chi connectivity index (χ4v) is 5.14. The monoisotopic (exact) mass is 502 g/mol. The molecule has 3 aromatic rings.